The Balaban J connectivity index is 3.64. The third kappa shape index (κ3) is 2.43. The number of carbonyl (C=O) groups excluding carboxylic acids is 1. The van der Waals surface area contributed by atoms with E-state index < -0.39 is 5.91 Å². The van der Waals surface area contributed by atoms with Crippen molar-refractivity contribution in [3.05, 3.63) is 26.5 Å². The summed E-state index contributed by atoms with van der Waals surface area (Å²) >= 11 is 3.37. The van der Waals surface area contributed by atoms with Crippen LogP contribution >= 0.6 is 15.9 Å². The number of amides is 1. The molecule has 0 spiro atoms. The normalized spacial score (nSPS) is 11.4. The van der Waals surface area contributed by atoms with Gasteiger partial charge in [0, 0.05) is 15.8 Å². The minimum absolute atomic E-state index is 0.402. The van der Waals surface area contributed by atoms with Gasteiger partial charge < -0.3 is 4.74 Å². The number of hydrogen-bond donors (Lipinski definition) is 2. The van der Waals surface area contributed by atoms with Crippen molar-refractivity contribution in [3.8, 4) is 5.75 Å². The molecule has 1 aromatic rings. The highest BCUT2D eigenvalue weighted by Crippen LogP contribution is 2.13. The first-order valence-electron chi connectivity index (χ1n) is 4.55. The molecule has 0 bridgehead atoms. The molecule has 0 aliphatic carbocycles. The monoisotopic (exact) mass is 284 g/mol. The number of nitrogens with one attached hydrogen (secondary N) is 1. The Hall–Kier alpha value is -1.33. The van der Waals surface area contributed by atoms with E-state index in [-0.39, 0.29) is 0 Å². The van der Waals surface area contributed by atoms with Crippen molar-refractivity contribution in [1.29, 1.82) is 0 Å². The maximum absolute atomic E-state index is 11.2. The summed E-state index contributed by atoms with van der Waals surface area (Å²) in [6.07, 6.45) is 1.36. The molecule has 0 atom stereocenters. The molecule has 0 unspecified atom stereocenters. The minimum atomic E-state index is -0.402. The van der Waals surface area contributed by atoms with Gasteiger partial charge in [-0.25, -0.2) is 5.84 Å². The third-order valence-electron chi connectivity index (χ3n) is 2.18. The summed E-state index contributed by atoms with van der Waals surface area (Å²) in [4.78, 5) is 11.2. The maximum atomic E-state index is 11.2. The Morgan fingerprint density at radius 2 is 2.31 bits per heavy atom. The summed E-state index contributed by atoms with van der Waals surface area (Å²) in [5.41, 5.74) is 2.95. The van der Waals surface area contributed by atoms with E-state index in [1.165, 1.54) is 6.08 Å². The number of hydrogen-bond acceptors (Lipinski definition) is 3. The number of aryl methyl sites for hydroxylation is 1. The number of carbonyl (C=O) groups is 1. The lowest BCUT2D eigenvalue weighted by atomic mass is 10.1. The fourth-order valence-corrected chi connectivity index (χ4v) is 1.97. The predicted molar refractivity (Wildman–Crippen MR) is 67.0 cm³/mol. The van der Waals surface area contributed by atoms with Crippen molar-refractivity contribution in [2.24, 2.45) is 5.84 Å². The van der Waals surface area contributed by atoms with Crippen LogP contribution in [0, 0.1) is 6.92 Å². The molecular formula is C11H13BrN2O2. The molecule has 5 heteroatoms. The topological polar surface area (TPSA) is 64.3 Å². The number of nitrogens with two attached hydrogens (primary N) is 1. The first-order valence-corrected chi connectivity index (χ1v) is 5.35. The standard InChI is InChI=1S/C11H13BrN2O2/c1-6-4-9(12)7(2)8(11(6)16-3)5-10(15)14-13/h4-5H,2,13H2,1,3H3,(H,14,15)/b8-5+. The van der Waals surface area contributed by atoms with E-state index in [0.29, 0.717) is 16.2 Å². The number of methoxy groups -OCH3 is 1. The molecule has 1 rings (SSSR count). The van der Waals surface area contributed by atoms with Crippen LogP contribution in [0.3, 0.4) is 0 Å². The fraction of sp³-hybridized carbons (Fsp3) is 0.182. The lowest BCUT2D eigenvalue weighted by molar-refractivity contribution is -0.115. The molecule has 0 aliphatic rings. The number of hydrazine groups is 1. The van der Waals surface area contributed by atoms with Gasteiger partial charge in [0.2, 0.25) is 0 Å². The molecule has 0 aliphatic heterocycles. The van der Waals surface area contributed by atoms with E-state index in [1.807, 2.05) is 18.4 Å². The van der Waals surface area contributed by atoms with Crippen molar-refractivity contribution in [2.45, 2.75) is 6.92 Å². The maximum Gasteiger partial charge on any atom is 0.258 e. The lowest BCUT2D eigenvalue weighted by Gasteiger charge is -2.07. The average Bonchev–Trinajstić information content (AvgIpc) is 2.25. The van der Waals surface area contributed by atoms with Gasteiger partial charge in [0.1, 0.15) is 5.75 Å². The van der Waals surface area contributed by atoms with Gasteiger partial charge in [0.05, 0.1) is 7.11 Å². The summed E-state index contributed by atoms with van der Waals surface area (Å²) in [6, 6.07) is 1.89. The second kappa shape index (κ2) is 5.14. The lowest BCUT2D eigenvalue weighted by Crippen LogP contribution is -2.34. The second-order valence-corrected chi connectivity index (χ2v) is 4.11. The van der Waals surface area contributed by atoms with Gasteiger partial charge in [0.25, 0.3) is 5.91 Å². The highest BCUT2D eigenvalue weighted by Gasteiger charge is 2.05. The van der Waals surface area contributed by atoms with Crippen LogP contribution in [0.5, 0.6) is 5.75 Å². The van der Waals surface area contributed by atoms with Gasteiger partial charge in [-0.05, 0) is 23.8 Å². The van der Waals surface area contributed by atoms with Crippen molar-refractivity contribution in [1.82, 2.24) is 5.43 Å². The first-order chi connectivity index (χ1) is 7.51. The summed E-state index contributed by atoms with van der Waals surface area (Å²) in [5, 5.41) is 1.31. The van der Waals surface area contributed by atoms with Crippen LogP contribution < -0.4 is 26.4 Å². The molecule has 0 radical (unpaired) electrons. The van der Waals surface area contributed by atoms with Crippen molar-refractivity contribution in [2.75, 3.05) is 7.11 Å². The quantitative estimate of drug-likeness (QED) is 0.455. The summed E-state index contributed by atoms with van der Waals surface area (Å²) in [6.45, 7) is 5.77. The van der Waals surface area contributed by atoms with Crippen LogP contribution in [0.4, 0.5) is 0 Å². The summed E-state index contributed by atoms with van der Waals surface area (Å²) < 4.78 is 6.07. The molecule has 4 nitrogen and oxygen atoms in total. The van der Waals surface area contributed by atoms with Gasteiger partial charge in [-0.2, -0.15) is 0 Å². The third-order valence-corrected chi connectivity index (χ3v) is 2.89. The Morgan fingerprint density at radius 1 is 1.69 bits per heavy atom. The number of benzene rings is 1. The fourth-order valence-electron chi connectivity index (χ4n) is 1.42. The average molecular weight is 285 g/mol. The number of ether oxygens (including phenoxy) is 1. The summed E-state index contributed by atoms with van der Waals surface area (Å²) in [5.74, 6) is 5.25. The zero-order valence-electron chi connectivity index (χ0n) is 9.13. The van der Waals surface area contributed by atoms with Crippen LogP contribution in [0.1, 0.15) is 5.56 Å². The SMILES string of the molecule is C=c1c(Br)cc(C)c(OC)/c1=C/C(=O)NN. The molecule has 1 amide bonds. The van der Waals surface area contributed by atoms with E-state index in [4.69, 9.17) is 10.6 Å². The van der Waals surface area contributed by atoms with E-state index >= 15 is 0 Å². The van der Waals surface area contributed by atoms with Gasteiger partial charge in [-0.3, -0.25) is 10.2 Å². The highest BCUT2D eigenvalue weighted by atomic mass is 79.9. The van der Waals surface area contributed by atoms with Crippen molar-refractivity contribution >= 4 is 34.5 Å². The van der Waals surface area contributed by atoms with Crippen LogP contribution in [0.2, 0.25) is 0 Å². The van der Waals surface area contributed by atoms with E-state index in [1.54, 1.807) is 7.11 Å². The molecule has 0 fully saturated rings. The van der Waals surface area contributed by atoms with Crippen LogP contribution in [-0.4, -0.2) is 13.0 Å². The highest BCUT2D eigenvalue weighted by molar-refractivity contribution is 9.10. The molecule has 16 heavy (non-hydrogen) atoms. The molecule has 3 N–H and O–H groups in total. The summed E-state index contributed by atoms with van der Waals surface area (Å²) in [7, 11) is 1.55. The molecule has 1 aromatic carbocycles. The zero-order chi connectivity index (χ0) is 12.3. The van der Waals surface area contributed by atoms with Crippen LogP contribution in [0.15, 0.2) is 10.5 Å². The molecule has 0 heterocycles. The molecule has 0 saturated carbocycles. The van der Waals surface area contributed by atoms with E-state index in [0.717, 1.165) is 10.0 Å². The van der Waals surface area contributed by atoms with E-state index in [9.17, 15) is 4.79 Å². The van der Waals surface area contributed by atoms with Gasteiger partial charge in [-0.1, -0.05) is 22.5 Å². The van der Waals surface area contributed by atoms with Gasteiger partial charge in [0.15, 0.2) is 0 Å². The zero-order valence-corrected chi connectivity index (χ0v) is 10.7. The van der Waals surface area contributed by atoms with Gasteiger partial charge in [-0.15, -0.1) is 0 Å². The minimum Gasteiger partial charge on any atom is -0.496 e. The Morgan fingerprint density at radius 3 is 2.81 bits per heavy atom. The van der Waals surface area contributed by atoms with Crippen molar-refractivity contribution < 1.29 is 9.53 Å². The first kappa shape index (κ1) is 12.7. The van der Waals surface area contributed by atoms with Gasteiger partial charge >= 0.3 is 0 Å². The van der Waals surface area contributed by atoms with Crippen LogP contribution in [-0.2, 0) is 4.79 Å². The smallest absolute Gasteiger partial charge is 0.258 e. The largest absolute Gasteiger partial charge is 0.496 e. The number of rotatable bonds is 2. The molecule has 86 valence electrons. The molecule has 0 saturated heterocycles. The predicted octanol–water partition coefficient (Wildman–Crippen LogP) is -0.0532. The molecular weight excluding hydrogens is 272 g/mol. The Kier molecular flexibility index (Phi) is 4.09. The van der Waals surface area contributed by atoms with Crippen molar-refractivity contribution in [3.63, 3.8) is 0 Å². The second-order valence-electron chi connectivity index (χ2n) is 3.25. The Labute approximate surface area is 102 Å². The van der Waals surface area contributed by atoms with E-state index in [2.05, 4.69) is 22.5 Å². The number of halogens is 1. The Bertz CT molecular complexity index is 526. The molecule has 0 aromatic heterocycles. The van der Waals surface area contributed by atoms with Crippen LogP contribution in [0.25, 0.3) is 12.7 Å².